The van der Waals surface area contributed by atoms with E-state index in [4.69, 9.17) is 0 Å². The Bertz CT molecular complexity index is 1290. The molecule has 0 fully saturated rings. The van der Waals surface area contributed by atoms with Gasteiger partial charge in [-0.25, -0.2) is 0 Å². The molecule has 0 spiro atoms. The Balaban J connectivity index is 0.000000146. The fourth-order valence-electron chi connectivity index (χ4n) is 4.63. The second-order valence-electron chi connectivity index (χ2n) is 8.50. The summed E-state index contributed by atoms with van der Waals surface area (Å²) in [6.45, 7) is 2.22. The first-order chi connectivity index (χ1) is 16.2. The number of hydrogen-bond acceptors (Lipinski definition) is 0. The maximum absolute atomic E-state index is 3.65. The molecule has 158 valence electrons. The molecule has 0 radical (unpaired) electrons. The number of allylic oxidation sites excluding steroid dienone is 4. The summed E-state index contributed by atoms with van der Waals surface area (Å²) < 4.78 is 1.42. The maximum atomic E-state index is 3.65. The average molecular weight is 501 g/mol. The van der Waals surface area contributed by atoms with Crippen molar-refractivity contribution in [2.75, 3.05) is 0 Å². The average Bonchev–Trinajstić information content (AvgIpc) is 3.53. The molecule has 4 aromatic carbocycles. The second-order valence-corrected chi connectivity index (χ2v) is 9.73. The van der Waals surface area contributed by atoms with E-state index in [0.29, 0.717) is 5.92 Å². The van der Waals surface area contributed by atoms with Crippen LogP contribution in [0.25, 0.3) is 11.1 Å². The molecule has 0 saturated carbocycles. The molecule has 0 aliphatic heterocycles. The molecule has 0 nitrogen and oxygen atoms in total. The van der Waals surface area contributed by atoms with Crippen molar-refractivity contribution in [2.45, 2.75) is 19.3 Å². The van der Waals surface area contributed by atoms with E-state index in [9.17, 15) is 0 Å². The summed E-state index contributed by atoms with van der Waals surface area (Å²) in [4.78, 5) is 0. The molecular weight excluding hydrogens is 476 g/mol. The third kappa shape index (κ3) is 4.75. The van der Waals surface area contributed by atoms with Crippen molar-refractivity contribution in [3.63, 3.8) is 0 Å². The zero-order valence-electron chi connectivity index (χ0n) is 18.8. The minimum absolute atomic E-state index is 0.410. The van der Waals surface area contributed by atoms with Crippen LogP contribution >= 0.6 is 0 Å². The Morgan fingerprint density at radius 1 is 0.788 bits per heavy atom. The molecule has 0 bridgehead atoms. The van der Waals surface area contributed by atoms with Crippen molar-refractivity contribution < 1.29 is 24.2 Å². The molecule has 0 aromatic heterocycles. The van der Waals surface area contributed by atoms with Crippen LogP contribution in [0, 0.1) is 13.0 Å². The number of fused-ring (bicyclic) bond motifs is 3. The summed E-state index contributed by atoms with van der Waals surface area (Å²) in [5, 5.41) is 0. The SMILES string of the molecule is Cc1cc(C2C=CC=C2)[c-]c2c1-c1ccccc1C2.[Zr]=[C](c1ccccc1)c1ccccc1. The van der Waals surface area contributed by atoms with Gasteiger partial charge in [-0.3, -0.25) is 0 Å². The number of aryl methyl sites for hydroxylation is 1. The third-order valence-electron chi connectivity index (χ3n) is 6.25. The van der Waals surface area contributed by atoms with Crippen LogP contribution < -0.4 is 0 Å². The van der Waals surface area contributed by atoms with Crippen molar-refractivity contribution in [3.05, 3.63) is 155 Å². The predicted octanol–water partition coefficient (Wildman–Crippen LogP) is 7.38. The predicted molar refractivity (Wildman–Crippen MR) is 135 cm³/mol. The quantitative estimate of drug-likeness (QED) is 0.227. The molecule has 4 aromatic rings. The molecule has 0 heterocycles. The molecule has 2 aliphatic carbocycles. The first-order valence-corrected chi connectivity index (χ1v) is 12.6. The van der Waals surface area contributed by atoms with E-state index in [1.54, 1.807) is 0 Å². The molecule has 1 heteroatoms. The Labute approximate surface area is 211 Å². The van der Waals surface area contributed by atoms with Gasteiger partial charge in [0.2, 0.25) is 0 Å². The molecule has 33 heavy (non-hydrogen) atoms. The van der Waals surface area contributed by atoms with Gasteiger partial charge in [-0.2, -0.15) is 23.3 Å². The number of hydrogen-bond donors (Lipinski definition) is 0. The van der Waals surface area contributed by atoms with Gasteiger partial charge in [-0.15, -0.1) is 11.1 Å². The first-order valence-electron chi connectivity index (χ1n) is 11.4. The van der Waals surface area contributed by atoms with Gasteiger partial charge in [-0.05, 0) is 12.3 Å². The first kappa shape index (κ1) is 21.9. The van der Waals surface area contributed by atoms with Crippen molar-refractivity contribution in [1.29, 1.82) is 0 Å². The van der Waals surface area contributed by atoms with Crippen molar-refractivity contribution in [1.82, 2.24) is 0 Å². The van der Waals surface area contributed by atoms with E-state index < -0.39 is 0 Å². The van der Waals surface area contributed by atoms with E-state index in [-0.39, 0.29) is 0 Å². The van der Waals surface area contributed by atoms with E-state index in [2.05, 4.69) is 128 Å². The molecule has 6 rings (SSSR count). The molecule has 0 saturated heterocycles. The van der Waals surface area contributed by atoms with Crippen LogP contribution in [-0.4, -0.2) is 3.21 Å². The normalized spacial score (nSPS) is 13.2. The fraction of sp³-hybridized carbons (Fsp3) is 0.0938. The number of benzene rings is 4. The topological polar surface area (TPSA) is 0 Å². The van der Waals surface area contributed by atoms with Crippen LogP contribution in [0.15, 0.2) is 115 Å². The van der Waals surface area contributed by atoms with Gasteiger partial charge in [0.05, 0.1) is 0 Å². The fourth-order valence-corrected chi connectivity index (χ4v) is 5.45. The van der Waals surface area contributed by atoms with Crippen LogP contribution in [-0.2, 0) is 30.7 Å². The van der Waals surface area contributed by atoms with Gasteiger partial charge in [-0.1, -0.05) is 66.6 Å². The van der Waals surface area contributed by atoms with E-state index in [1.807, 2.05) is 0 Å². The van der Waals surface area contributed by atoms with Gasteiger partial charge in [0.25, 0.3) is 0 Å². The standard InChI is InChI=1S/C19H15.C13H10.Zr/c1-13-10-16(14-6-2-3-7-14)12-17-11-15-8-4-5-9-18(15)19(13)17;1-3-7-12(8-4-1)11-13-9-5-2-6-10-13;/h2-10,14H,11H2,1H3;1-10H;/q-1;;. The Hall–Kier alpha value is -2.89. The van der Waals surface area contributed by atoms with Gasteiger partial charge < -0.3 is 0 Å². The third-order valence-corrected chi connectivity index (χ3v) is 7.67. The van der Waals surface area contributed by atoms with Gasteiger partial charge in [0.15, 0.2) is 0 Å². The van der Waals surface area contributed by atoms with Crippen LogP contribution in [0.4, 0.5) is 0 Å². The minimum atomic E-state index is 0.410. The molecular formula is C32H25Zr-. The van der Waals surface area contributed by atoms with Gasteiger partial charge >= 0.3 is 99.2 Å². The van der Waals surface area contributed by atoms with Crippen molar-refractivity contribution in [3.8, 4) is 11.1 Å². The Kier molecular flexibility index (Phi) is 6.61. The zero-order valence-corrected chi connectivity index (χ0v) is 21.2. The van der Waals surface area contributed by atoms with Crippen molar-refractivity contribution >= 4 is 3.21 Å². The molecule has 0 unspecified atom stereocenters. The number of rotatable bonds is 3. The monoisotopic (exact) mass is 499 g/mol. The van der Waals surface area contributed by atoms with Crippen molar-refractivity contribution in [2.24, 2.45) is 0 Å². The summed E-state index contributed by atoms with van der Waals surface area (Å²) in [5.74, 6) is 0.410. The van der Waals surface area contributed by atoms with Crippen LogP contribution in [0.1, 0.15) is 39.3 Å². The summed E-state index contributed by atoms with van der Waals surface area (Å²) in [6.07, 6.45) is 9.74. The molecule has 2 aliphatic rings. The zero-order chi connectivity index (χ0) is 22.6. The van der Waals surface area contributed by atoms with Crippen LogP contribution in [0.2, 0.25) is 0 Å². The Morgan fingerprint density at radius 3 is 2.00 bits per heavy atom. The van der Waals surface area contributed by atoms with E-state index in [1.165, 1.54) is 71.9 Å². The van der Waals surface area contributed by atoms with E-state index >= 15 is 0 Å². The molecule has 0 atom stereocenters. The molecule has 0 amide bonds. The van der Waals surface area contributed by atoms with E-state index in [0.717, 1.165) is 6.42 Å². The molecule has 0 N–H and O–H groups in total. The van der Waals surface area contributed by atoms with Crippen LogP contribution in [0.5, 0.6) is 0 Å². The van der Waals surface area contributed by atoms with Gasteiger partial charge in [0.1, 0.15) is 0 Å². The van der Waals surface area contributed by atoms with Crippen LogP contribution in [0.3, 0.4) is 0 Å². The summed E-state index contributed by atoms with van der Waals surface area (Å²) in [5.41, 5.74) is 10.9. The summed E-state index contributed by atoms with van der Waals surface area (Å²) in [6, 6.07) is 35.8. The summed E-state index contributed by atoms with van der Waals surface area (Å²) in [7, 11) is 0. The second kappa shape index (κ2) is 9.94. The van der Waals surface area contributed by atoms with Gasteiger partial charge in [0, 0.05) is 0 Å². The summed E-state index contributed by atoms with van der Waals surface area (Å²) >= 11 is 1.46. The Morgan fingerprint density at radius 2 is 1.36 bits per heavy atom.